The van der Waals surface area contributed by atoms with Crippen molar-refractivity contribution in [1.29, 1.82) is 0 Å². The fourth-order valence-corrected chi connectivity index (χ4v) is 2.41. The molecule has 2 N–H and O–H groups in total. The van der Waals surface area contributed by atoms with Crippen molar-refractivity contribution in [1.82, 2.24) is 9.03 Å². The first-order valence-electron chi connectivity index (χ1n) is 5.33. The first kappa shape index (κ1) is 17.3. The molecule has 0 aromatic carbocycles. The van der Waals surface area contributed by atoms with Crippen molar-refractivity contribution in [2.24, 2.45) is 0 Å². The van der Waals surface area contributed by atoms with Crippen LogP contribution in [0.4, 0.5) is 0 Å². The van der Waals surface area contributed by atoms with Crippen LogP contribution < -0.4 is 4.72 Å². The van der Waals surface area contributed by atoms with E-state index in [4.69, 9.17) is 14.6 Å². The molecule has 0 saturated heterocycles. The quantitative estimate of drug-likeness (QED) is 0.527. The molecule has 0 aromatic heterocycles. The minimum absolute atomic E-state index is 0.127. The third-order valence-electron chi connectivity index (χ3n) is 2.13. The maximum atomic E-state index is 11.9. The largest absolute Gasteiger partial charge is 0.480 e. The molecule has 0 spiro atoms. The summed E-state index contributed by atoms with van der Waals surface area (Å²) in [5.41, 5.74) is 0. The lowest BCUT2D eigenvalue weighted by atomic mass is 10.4. The molecule has 0 saturated carbocycles. The molecule has 9 heteroatoms. The summed E-state index contributed by atoms with van der Waals surface area (Å²) >= 11 is 0. The van der Waals surface area contributed by atoms with Crippen LogP contribution in [0.2, 0.25) is 0 Å². The molecular formula is C9H20N2O6S. The van der Waals surface area contributed by atoms with Gasteiger partial charge in [0, 0.05) is 27.3 Å². The molecule has 0 aliphatic carbocycles. The lowest BCUT2D eigenvalue weighted by molar-refractivity contribution is -0.138. The molecule has 1 atom stereocenters. The SMILES string of the molecule is COCCN(CCOC)S(=O)(=O)NC(C)C(=O)O. The standard InChI is InChI=1S/C9H20N2O6S/c1-8(9(12)13)10-18(14,15)11(4-6-16-2)5-7-17-3/h8,10H,4-7H2,1-3H3,(H,12,13). The van der Waals surface area contributed by atoms with Crippen LogP contribution >= 0.6 is 0 Å². The second kappa shape index (κ2) is 8.38. The van der Waals surface area contributed by atoms with Crippen LogP contribution in [0.5, 0.6) is 0 Å². The van der Waals surface area contributed by atoms with E-state index in [2.05, 4.69) is 4.72 Å². The molecule has 0 radical (unpaired) electrons. The molecule has 0 aliphatic heterocycles. The molecule has 0 fully saturated rings. The Morgan fingerprint density at radius 3 is 2.06 bits per heavy atom. The van der Waals surface area contributed by atoms with E-state index in [1.54, 1.807) is 0 Å². The monoisotopic (exact) mass is 284 g/mol. The van der Waals surface area contributed by atoms with E-state index < -0.39 is 22.2 Å². The molecular weight excluding hydrogens is 264 g/mol. The second-order valence-corrected chi connectivity index (χ2v) is 5.27. The minimum Gasteiger partial charge on any atom is -0.480 e. The van der Waals surface area contributed by atoms with E-state index in [0.29, 0.717) is 0 Å². The van der Waals surface area contributed by atoms with Crippen LogP contribution in [0.3, 0.4) is 0 Å². The highest BCUT2D eigenvalue weighted by molar-refractivity contribution is 7.87. The molecule has 0 amide bonds. The lowest BCUT2D eigenvalue weighted by Gasteiger charge is -2.23. The van der Waals surface area contributed by atoms with E-state index in [1.165, 1.54) is 21.1 Å². The van der Waals surface area contributed by atoms with Crippen LogP contribution in [0.15, 0.2) is 0 Å². The Bertz CT molecular complexity index is 337. The van der Waals surface area contributed by atoms with Gasteiger partial charge in [0.25, 0.3) is 10.2 Å². The first-order valence-corrected chi connectivity index (χ1v) is 6.77. The van der Waals surface area contributed by atoms with Crippen molar-refractivity contribution in [3.63, 3.8) is 0 Å². The van der Waals surface area contributed by atoms with Gasteiger partial charge in [0.15, 0.2) is 0 Å². The van der Waals surface area contributed by atoms with Crippen LogP contribution in [0.25, 0.3) is 0 Å². The molecule has 0 heterocycles. The van der Waals surface area contributed by atoms with Crippen molar-refractivity contribution in [3.05, 3.63) is 0 Å². The number of rotatable bonds is 10. The first-order chi connectivity index (χ1) is 8.35. The minimum atomic E-state index is -3.87. The predicted molar refractivity (Wildman–Crippen MR) is 64.5 cm³/mol. The molecule has 0 rings (SSSR count). The zero-order chi connectivity index (χ0) is 14.2. The van der Waals surface area contributed by atoms with Gasteiger partial charge in [-0.15, -0.1) is 0 Å². The highest BCUT2D eigenvalue weighted by Gasteiger charge is 2.25. The zero-order valence-electron chi connectivity index (χ0n) is 10.7. The summed E-state index contributed by atoms with van der Waals surface area (Å²) in [5, 5.41) is 8.68. The van der Waals surface area contributed by atoms with E-state index in [-0.39, 0.29) is 26.3 Å². The average Bonchev–Trinajstić information content (AvgIpc) is 2.28. The Hall–Kier alpha value is -0.740. The van der Waals surface area contributed by atoms with Crippen molar-refractivity contribution in [2.75, 3.05) is 40.5 Å². The van der Waals surface area contributed by atoms with Crippen molar-refractivity contribution in [3.8, 4) is 0 Å². The number of methoxy groups -OCH3 is 2. The van der Waals surface area contributed by atoms with Gasteiger partial charge < -0.3 is 14.6 Å². The summed E-state index contributed by atoms with van der Waals surface area (Å²) in [5.74, 6) is -1.24. The normalized spacial score (nSPS) is 13.8. The van der Waals surface area contributed by atoms with Gasteiger partial charge >= 0.3 is 5.97 Å². The number of hydrogen-bond acceptors (Lipinski definition) is 5. The Morgan fingerprint density at radius 2 is 1.72 bits per heavy atom. The second-order valence-electron chi connectivity index (χ2n) is 3.57. The maximum absolute atomic E-state index is 11.9. The third kappa shape index (κ3) is 6.26. The molecule has 1 unspecified atom stereocenters. The van der Waals surface area contributed by atoms with Gasteiger partial charge in [0.2, 0.25) is 0 Å². The Labute approximate surface area is 107 Å². The summed E-state index contributed by atoms with van der Waals surface area (Å²) in [4.78, 5) is 10.6. The summed E-state index contributed by atoms with van der Waals surface area (Å²) < 4.78 is 36.6. The summed E-state index contributed by atoms with van der Waals surface area (Å²) in [6.45, 7) is 1.94. The molecule has 18 heavy (non-hydrogen) atoms. The van der Waals surface area contributed by atoms with Gasteiger partial charge in [-0.2, -0.15) is 17.4 Å². The number of hydrogen-bond donors (Lipinski definition) is 2. The fourth-order valence-electron chi connectivity index (χ4n) is 1.09. The van der Waals surface area contributed by atoms with Crippen molar-refractivity contribution < 1.29 is 27.8 Å². The van der Waals surface area contributed by atoms with Gasteiger partial charge in [0.1, 0.15) is 6.04 Å². The van der Waals surface area contributed by atoms with Gasteiger partial charge in [-0.1, -0.05) is 0 Å². The number of ether oxygens (including phenoxy) is 2. The Morgan fingerprint density at radius 1 is 1.28 bits per heavy atom. The van der Waals surface area contributed by atoms with Gasteiger partial charge in [-0.3, -0.25) is 4.79 Å². The van der Waals surface area contributed by atoms with Gasteiger partial charge in [0.05, 0.1) is 13.2 Å². The average molecular weight is 284 g/mol. The van der Waals surface area contributed by atoms with E-state index in [0.717, 1.165) is 4.31 Å². The number of carboxylic acid groups (broad SMARTS) is 1. The topological polar surface area (TPSA) is 105 Å². The maximum Gasteiger partial charge on any atom is 0.321 e. The molecule has 8 nitrogen and oxygen atoms in total. The van der Waals surface area contributed by atoms with Crippen LogP contribution in [0, 0.1) is 0 Å². The molecule has 0 aromatic rings. The smallest absolute Gasteiger partial charge is 0.321 e. The third-order valence-corrected chi connectivity index (χ3v) is 3.82. The number of aliphatic carboxylic acids is 1. The van der Waals surface area contributed by atoms with Crippen LogP contribution in [-0.4, -0.2) is 70.4 Å². The van der Waals surface area contributed by atoms with E-state index >= 15 is 0 Å². The lowest BCUT2D eigenvalue weighted by Crippen LogP contribution is -2.48. The highest BCUT2D eigenvalue weighted by atomic mass is 32.2. The number of carboxylic acids is 1. The Balaban J connectivity index is 4.67. The summed E-state index contributed by atoms with van der Waals surface area (Å²) in [6.07, 6.45) is 0. The van der Waals surface area contributed by atoms with Gasteiger partial charge in [-0.25, -0.2) is 0 Å². The van der Waals surface area contributed by atoms with Crippen LogP contribution in [0.1, 0.15) is 6.92 Å². The number of nitrogens with one attached hydrogen (secondary N) is 1. The molecule has 0 aliphatic rings. The van der Waals surface area contributed by atoms with E-state index in [1.807, 2.05) is 0 Å². The Kier molecular flexibility index (Phi) is 8.03. The number of nitrogens with zero attached hydrogens (tertiary/aromatic N) is 1. The number of carbonyl (C=O) groups is 1. The van der Waals surface area contributed by atoms with Gasteiger partial charge in [-0.05, 0) is 6.92 Å². The summed E-state index contributed by atoms with van der Waals surface area (Å²) in [6, 6.07) is -1.19. The highest BCUT2D eigenvalue weighted by Crippen LogP contribution is 2.00. The van der Waals surface area contributed by atoms with Crippen molar-refractivity contribution >= 4 is 16.2 Å². The predicted octanol–water partition coefficient (Wildman–Crippen LogP) is -1.11. The zero-order valence-corrected chi connectivity index (χ0v) is 11.6. The molecule has 0 bridgehead atoms. The fraction of sp³-hybridized carbons (Fsp3) is 0.889. The van der Waals surface area contributed by atoms with E-state index in [9.17, 15) is 13.2 Å². The summed E-state index contributed by atoms with van der Waals surface area (Å²) in [7, 11) is -0.963. The van der Waals surface area contributed by atoms with Crippen LogP contribution in [-0.2, 0) is 24.5 Å². The molecule has 108 valence electrons. The van der Waals surface area contributed by atoms with Crippen molar-refractivity contribution in [2.45, 2.75) is 13.0 Å².